The molecule has 0 atom stereocenters. The summed E-state index contributed by atoms with van der Waals surface area (Å²) in [6, 6.07) is 10.9. The number of nitrogen functional groups attached to an aromatic ring is 1. The summed E-state index contributed by atoms with van der Waals surface area (Å²) in [7, 11) is 1.60. The van der Waals surface area contributed by atoms with Gasteiger partial charge in [-0.15, -0.1) is 0 Å². The third-order valence-corrected chi connectivity index (χ3v) is 3.87. The first kappa shape index (κ1) is 14.9. The third-order valence-electron chi connectivity index (χ3n) is 2.72. The van der Waals surface area contributed by atoms with Crippen molar-refractivity contribution in [3.63, 3.8) is 0 Å². The Bertz CT molecular complexity index is 659. The minimum atomic E-state index is -0.166. The number of hydrogen-bond acceptors (Lipinski definition) is 3. The van der Waals surface area contributed by atoms with Gasteiger partial charge in [0.2, 0.25) is 0 Å². The Kier molecular flexibility index (Phi) is 4.67. The van der Waals surface area contributed by atoms with Crippen LogP contribution in [0.5, 0.6) is 0 Å². The fourth-order valence-corrected chi connectivity index (χ4v) is 2.88. The van der Waals surface area contributed by atoms with Crippen molar-refractivity contribution in [3.8, 4) is 0 Å². The molecule has 104 valence electrons. The lowest BCUT2D eigenvalue weighted by Gasteiger charge is -2.13. The molecule has 0 aliphatic heterocycles. The minimum absolute atomic E-state index is 0.166. The van der Waals surface area contributed by atoms with Crippen molar-refractivity contribution in [1.29, 1.82) is 0 Å². The highest BCUT2D eigenvalue weighted by atomic mass is 79.9. The van der Waals surface area contributed by atoms with E-state index in [-0.39, 0.29) is 5.91 Å². The van der Waals surface area contributed by atoms with Crippen molar-refractivity contribution in [2.24, 2.45) is 0 Å². The largest absolute Gasteiger partial charge is 0.399 e. The molecule has 2 aromatic rings. The molecule has 0 aliphatic rings. The SMILES string of the molecule is CNC(=O)c1ccc(N)cc1Nc1ccc(Br)cc1Br. The molecule has 4 nitrogen and oxygen atoms in total. The zero-order chi connectivity index (χ0) is 14.7. The molecular weight excluding hydrogens is 386 g/mol. The molecule has 0 aliphatic carbocycles. The number of nitrogens with two attached hydrogens (primary N) is 1. The Morgan fingerprint density at radius 2 is 1.85 bits per heavy atom. The summed E-state index contributed by atoms with van der Waals surface area (Å²) < 4.78 is 1.85. The number of carbonyl (C=O) groups is 1. The molecule has 0 fully saturated rings. The van der Waals surface area contributed by atoms with E-state index in [9.17, 15) is 4.79 Å². The third kappa shape index (κ3) is 3.32. The molecule has 0 saturated heterocycles. The van der Waals surface area contributed by atoms with Crippen LogP contribution in [-0.2, 0) is 0 Å². The molecule has 0 saturated carbocycles. The first-order chi connectivity index (χ1) is 9.51. The van der Waals surface area contributed by atoms with Gasteiger partial charge in [0.05, 0.1) is 16.9 Å². The van der Waals surface area contributed by atoms with Crippen LogP contribution < -0.4 is 16.4 Å². The lowest BCUT2D eigenvalue weighted by molar-refractivity contribution is 0.0964. The molecule has 0 heterocycles. The summed E-state index contributed by atoms with van der Waals surface area (Å²) in [6.45, 7) is 0. The van der Waals surface area contributed by atoms with Gasteiger partial charge in [-0.3, -0.25) is 4.79 Å². The van der Waals surface area contributed by atoms with E-state index in [1.54, 1.807) is 25.2 Å². The van der Waals surface area contributed by atoms with Gasteiger partial charge in [0, 0.05) is 21.7 Å². The van der Waals surface area contributed by atoms with Crippen molar-refractivity contribution in [1.82, 2.24) is 5.32 Å². The van der Waals surface area contributed by atoms with E-state index < -0.39 is 0 Å². The number of amides is 1. The molecule has 0 bridgehead atoms. The van der Waals surface area contributed by atoms with Crippen LogP contribution in [0, 0.1) is 0 Å². The monoisotopic (exact) mass is 397 g/mol. The van der Waals surface area contributed by atoms with Gasteiger partial charge in [-0.25, -0.2) is 0 Å². The number of hydrogen-bond donors (Lipinski definition) is 3. The van der Waals surface area contributed by atoms with Gasteiger partial charge in [-0.1, -0.05) is 15.9 Å². The first-order valence-corrected chi connectivity index (χ1v) is 7.43. The van der Waals surface area contributed by atoms with Gasteiger partial charge in [0.25, 0.3) is 5.91 Å². The predicted molar refractivity (Wildman–Crippen MR) is 89.4 cm³/mol. The van der Waals surface area contributed by atoms with E-state index >= 15 is 0 Å². The van der Waals surface area contributed by atoms with E-state index in [4.69, 9.17) is 5.73 Å². The van der Waals surface area contributed by atoms with Crippen LogP contribution in [0.4, 0.5) is 17.1 Å². The highest BCUT2D eigenvalue weighted by molar-refractivity contribution is 9.11. The van der Waals surface area contributed by atoms with Gasteiger partial charge in [-0.05, 0) is 52.3 Å². The lowest BCUT2D eigenvalue weighted by atomic mass is 10.1. The van der Waals surface area contributed by atoms with Crippen LogP contribution >= 0.6 is 31.9 Å². The van der Waals surface area contributed by atoms with E-state index in [2.05, 4.69) is 42.5 Å². The second-order valence-electron chi connectivity index (χ2n) is 4.13. The topological polar surface area (TPSA) is 67.2 Å². The van der Waals surface area contributed by atoms with E-state index in [1.165, 1.54) is 0 Å². The van der Waals surface area contributed by atoms with Gasteiger partial charge >= 0.3 is 0 Å². The zero-order valence-corrected chi connectivity index (χ0v) is 13.9. The van der Waals surface area contributed by atoms with Crippen LogP contribution in [0.15, 0.2) is 45.3 Å². The summed E-state index contributed by atoms with van der Waals surface area (Å²) in [5.41, 5.74) is 8.43. The summed E-state index contributed by atoms with van der Waals surface area (Å²) in [4.78, 5) is 11.9. The van der Waals surface area contributed by atoms with E-state index in [0.29, 0.717) is 16.9 Å². The Morgan fingerprint density at radius 3 is 2.50 bits per heavy atom. The highest BCUT2D eigenvalue weighted by Crippen LogP contribution is 2.31. The number of halogens is 2. The molecule has 0 spiro atoms. The summed E-state index contributed by atoms with van der Waals surface area (Å²) in [6.07, 6.45) is 0. The van der Waals surface area contributed by atoms with Crippen molar-refractivity contribution in [2.45, 2.75) is 0 Å². The standard InChI is InChI=1S/C14H13Br2N3O/c1-18-14(20)10-4-3-9(17)7-13(10)19-12-5-2-8(15)6-11(12)16/h2-7,19H,17H2,1H3,(H,18,20). The van der Waals surface area contributed by atoms with Crippen LogP contribution in [0.1, 0.15) is 10.4 Å². The highest BCUT2D eigenvalue weighted by Gasteiger charge is 2.11. The van der Waals surface area contributed by atoms with Crippen molar-refractivity contribution < 1.29 is 4.79 Å². The molecule has 6 heteroatoms. The molecule has 2 rings (SSSR count). The molecule has 2 aromatic carbocycles. The molecule has 1 amide bonds. The zero-order valence-electron chi connectivity index (χ0n) is 10.7. The Hall–Kier alpha value is -1.53. The van der Waals surface area contributed by atoms with Crippen LogP contribution in [0.3, 0.4) is 0 Å². The minimum Gasteiger partial charge on any atom is -0.399 e. The Labute approximate surface area is 134 Å². The van der Waals surface area contributed by atoms with Crippen molar-refractivity contribution >= 4 is 54.8 Å². The van der Waals surface area contributed by atoms with E-state index in [0.717, 1.165) is 14.6 Å². The number of rotatable bonds is 3. The Morgan fingerprint density at radius 1 is 1.10 bits per heavy atom. The maximum atomic E-state index is 11.9. The molecule has 4 N–H and O–H groups in total. The maximum absolute atomic E-state index is 11.9. The van der Waals surface area contributed by atoms with Gasteiger partial charge < -0.3 is 16.4 Å². The van der Waals surface area contributed by atoms with E-state index in [1.807, 2.05) is 18.2 Å². The predicted octanol–water partition coefficient (Wildman–Crippen LogP) is 3.90. The second-order valence-corrected chi connectivity index (χ2v) is 5.90. The quantitative estimate of drug-likeness (QED) is 0.687. The second kappa shape index (κ2) is 6.28. The normalized spacial score (nSPS) is 10.2. The Balaban J connectivity index is 2.41. The number of anilines is 3. The fraction of sp³-hybridized carbons (Fsp3) is 0.0714. The molecule has 0 unspecified atom stereocenters. The van der Waals surface area contributed by atoms with Crippen LogP contribution in [0.2, 0.25) is 0 Å². The summed E-state index contributed by atoms with van der Waals surface area (Å²) >= 11 is 6.88. The van der Waals surface area contributed by atoms with Crippen LogP contribution in [-0.4, -0.2) is 13.0 Å². The smallest absolute Gasteiger partial charge is 0.253 e. The summed E-state index contributed by atoms with van der Waals surface area (Å²) in [5.74, 6) is -0.166. The van der Waals surface area contributed by atoms with Gasteiger partial charge in [-0.2, -0.15) is 0 Å². The van der Waals surface area contributed by atoms with Crippen molar-refractivity contribution in [3.05, 3.63) is 50.9 Å². The average molecular weight is 399 g/mol. The molecule has 20 heavy (non-hydrogen) atoms. The van der Waals surface area contributed by atoms with Gasteiger partial charge in [0.1, 0.15) is 0 Å². The number of benzene rings is 2. The molecule has 0 radical (unpaired) electrons. The van der Waals surface area contributed by atoms with Crippen LogP contribution in [0.25, 0.3) is 0 Å². The molecule has 0 aromatic heterocycles. The van der Waals surface area contributed by atoms with Crippen molar-refractivity contribution in [2.75, 3.05) is 18.1 Å². The summed E-state index contributed by atoms with van der Waals surface area (Å²) in [5, 5.41) is 5.83. The number of carbonyl (C=O) groups excluding carboxylic acids is 1. The lowest BCUT2D eigenvalue weighted by Crippen LogP contribution is -2.19. The maximum Gasteiger partial charge on any atom is 0.253 e. The fourth-order valence-electron chi connectivity index (χ4n) is 1.73. The van der Waals surface area contributed by atoms with Gasteiger partial charge in [0.15, 0.2) is 0 Å². The first-order valence-electron chi connectivity index (χ1n) is 5.85. The number of nitrogens with one attached hydrogen (secondary N) is 2. The molecular formula is C14H13Br2N3O. The average Bonchev–Trinajstić information content (AvgIpc) is 2.41.